The van der Waals surface area contributed by atoms with Crippen LogP contribution in [-0.4, -0.2) is 34.9 Å². The molecule has 1 aromatic rings. The van der Waals surface area contributed by atoms with Crippen LogP contribution in [-0.2, 0) is 0 Å². The van der Waals surface area contributed by atoms with Crippen molar-refractivity contribution in [2.45, 2.75) is 19.4 Å². The number of halogens is 2. The molecule has 8 heteroatoms. The van der Waals surface area contributed by atoms with Gasteiger partial charge in [0.2, 0.25) is 0 Å². The number of rotatable bonds is 3. The van der Waals surface area contributed by atoms with Crippen LogP contribution < -0.4 is 5.73 Å². The number of nitrogens with zero attached hydrogens (tertiary/aromatic N) is 2. The van der Waals surface area contributed by atoms with Crippen molar-refractivity contribution >= 4 is 39.9 Å². The van der Waals surface area contributed by atoms with Crippen molar-refractivity contribution in [3.05, 3.63) is 38.3 Å². The SMILES string of the molecule is CC1CC(CN)CN1C(=O)c1cc(Br)cc([N+](=O)[O-])c1.Cl. The highest BCUT2D eigenvalue weighted by atomic mass is 79.9. The number of hydrogen-bond acceptors (Lipinski definition) is 4. The van der Waals surface area contributed by atoms with Crippen molar-refractivity contribution in [3.8, 4) is 0 Å². The molecule has 0 spiro atoms. The maximum atomic E-state index is 12.5. The Labute approximate surface area is 137 Å². The number of nitro benzene ring substituents is 1. The van der Waals surface area contributed by atoms with Crippen LogP contribution in [0.15, 0.2) is 22.7 Å². The van der Waals surface area contributed by atoms with Gasteiger partial charge in [0.15, 0.2) is 0 Å². The Hall–Kier alpha value is -1.18. The van der Waals surface area contributed by atoms with Crippen LogP contribution in [0.2, 0.25) is 0 Å². The van der Waals surface area contributed by atoms with E-state index in [1.54, 1.807) is 11.0 Å². The van der Waals surface area contributed by atoms with E-state index in [9.17, 15) is 14.9 Å². The number of non-ortho nitro benzene ring substituents is 1. The Morgan fingerprint density at radius 2 is 2.19 bits per heavy atom. The minimum absolute atomic E-state index is 0. The molecule has 1 aromatic carbocycles. The van der Waals surface area contributed by atoms with Crippen molar-refractivity contribution < 1.29 is 9.72 Å². The van der Waals surface area contributed by atoms with E-state index in [-0.39, 0.29) is 30.0 Å². The second-order valence-electron chi connectivity index (χ2n) is 5.10. The average molecular weight is 379 g/mol. The highest BCUT2D eigenvalue weighted by Gasteiger charge is 2.32. The molecule has 2 N–H and O–H groups in total. The van der Waals surface area contributed by atoms with E-state index in [2.05, 4.69) is 15.9 Å². The maximum absolute atomic E-state index is 12.5. The molecule has 0 aliphatic carbocycles. The first kappa shape index (κ1) is 17.9. The Bertz CT molecular complexity index is 555. The first-order valence-corrected chi connectivity index (χ1v) is 7.17. The van der Waals surface area contributed by atoms with E-state index < -0.39 is 4.92 Å². The van der Waals surface area contributed by atoms with Crippen molar-refractivity contribution in [3.63, 3.8) is 0 Å². The number of nitro groups is 1. The molecule has 21 heavy (non-hydrogen) atoms. The lowest BCUT2D eigenvalue weighted by Crippen LogP contribution is -2.34. The van der Waals surface area contributed by atoms with Crippen molar-refractivity contribution in [2.75, 3.05) is 13.1 Å². The zero-order valence-corrected chi connectivity index (χ0v) is 13.9. The van der Waals surface area contributed by atoms with Crippen molar-refractivity contribution in [1.82, 2.24) is 4.90 Å². The molecule has 1 amide bonds. The summed E-state index contributed by atoms with van der Waals surface area (Å²) in [4.78, 5) is 24.6. The predicted octanol–water partition coefficient (Wildman–Crippen LogP) is 2.59. The summed E-state index contributed by atoms with van der Waals surface area (Å²) in [6.07, 6.45) is 0.873. The van der Waals surface area contributed by atoms with Crippen molar-refractivity contribution in [1.29, 1.82) is 0 Å². The Balaban J connectivity index is 0.00000220. The van der Waals surface area contributed by atoms with Crippen molar-refractivity contribution in [2.24, 2.45) is 11.7 Å². The number of likely N-dealkylation sites (tertiary alicyclic amines) is 1. The third-order valence-corrected chi connectivity index (χ3v) is 4.05. The zero-order chi connectivity index (χ0) is 14.9. The predicted molar refractivity (Wildman–Crippen MR) is 85.7 cm³/mol. The largest absolute Gasteiger partial charge is 0.336 e. The van der Waals surface area contributed by atoms with Gasteiger partial charge in [-0.2, -0.15) is 0 Å². The fraction of sp³-hybridized carbons (Fsp3) is 0.462. The second-order valence-corrected chi connectivity index (χ2v) is 6.01. The fourth-order valence-corrected chi connectivity index (χ4v) is 3.05. The van der Waals surface area contributed by atoms with Crippen LogP contribution in [0.1, 0.15) is 23.7 Å². The number of benzene rings is 1. The molecule has 1 aliphatic heterocycles. The normalized spacial score (nSPS) is 21.0. The van der Waals surface area contributed by atoms with Crippen LogP contribution >= 0.6 is 28.3 Å². The Morgan fingerprint density at radius 1 is 1.52 bits per heavy atom. The maximum Gasteiger partial charge on any atom is 0.271 e. The smallest absolute Gasteiger partial charge is 0.271 e. The molecule has 1 heterocycles. The monoisotopic (exact) mass is 377 g/mol. The van der Waals surface area contributed by atoms with Gasteiger partial charge in [-0.15, -0.1) is 12.4 Å². The van der Waals surface area contributed by atoms with E-state index in [1.807, 2.05) is 6.92 Å². The lowest BCUT2D eigenvalue weighted by atomic mass is 10.1. The molecule has 116 valence electrons. The van der Waals surface area contributed by atoms with Gasteiger partial charge < -0.3 is 10.6 Å². The van der Waals surface area contributed by atoms with Gasteiger partial charge in [0.05, 0.1) is 4.92 Å². The molecule has 1 fully saturated rings. The molecule has 2 unspecified atom stereocenters. The van der Waals surface area contributed by atoms with Gasteiger partial charge in [-0.1, -0.05) is 15.9 Å². The Kier molecular flexibility index (Phi) is 6.12. The van der Waals surface area contributed by atoms with Gasteiger partial charge in [-0.25, -0.2) is 0 Å². The molecule has 0 saturated carbocycles. The summed E-state index contributed by atoms with van der Waals surface area (Å²) in [6, 6.07) is 4.41. The quantitative estimate of drug-likeness (QED) is 0.646. The summed E-state index contributed by atoms with van der Waals surface area (Å²) < 4.78 is 0.525. The van der Waals surface area contributed by atoms with Gasteiger partial charge in [-0.3, -0.25) is 14.9 Å². The third kappa shape index (κ3) is 3.93. The molecule has 2 atom stereocenters. The zero-order valence-electron chi connectivity index (χ0n) is 11.5. The number of carbonyl (C=O) groups is 1. The highest BCUT2D eigenvalue weighted by Crippen LogP contribution is 2.27. The summed E-state index contributed by atoms with van der Waals surface area (Å²) in [7, 11) is 0. The minimum atomic E-state index is -0.502. The van der Waals surface area contributed by atoms with Crippen LogP contribution in [0, 0.1) is 16.0 Å². The second kappa shape index (κ2) is 7.20. The topological polar surface area (TPSA) is 89.5 Å². The fourth-order valence-electron chi connectivity index (χ4n) is 2.56. The molecular weight excluding hydrogens is 362 g/mol. The van der Waals surface area contributed by atoms with Crippen LogP contribution in [0.5, 0.6) is 0 Å². The lowest BCUT2D eigenvalue weighted by Gasteiger charge is -2.21. The molecular formula is C13H17BrClN3O3. The summed E-state index contributed by atoms with van der Waals surface area (Å²) in [5.74, 6) is 0.119. The molecule has 1 aliphatic rings. The summed E-state index contributed by atoms with van der Waals surface area (Å²) >= 11 is 3.20. The molecule has 1 saturated heterocycles. The number of amides is 1. The lowest BCUT2D eigenvalue weighted by molar-refractivity contribution is -0.385. The van der Waals surface area contributed by atoms with Crippen LogP contribution in [0.3, 0.4) is 0 Å². The van der Waals surface area contributed by atoms with Crippen LogP contribution in [0.4, 0.5) is 5.69 Å². The van der Waals surface area contributed by atoms with Gasteiger partial charge in [0.1, 0.15) is 0 Å². The van der Waals surface area contributed by atoms with Gasteiger partial charge in [0, 0.05) is 34.8 Å². The Morgan fingerprint density at radius 3 is 2.71 bits per heavy atom. The first-order valence-electron chi connectivity index (χ1n) is 6.38. The molecule has 2 rings (SSSR count). The minimum Gasteiger partial charge on any atom is -0.336 e. The molecule has 6 nitrogen and oxygen atoms in total. The standard InChI is InChI=1S/C13H16BrN3O3.ClH/c1-8-2-9(6-15)7-16(8)13(18)10-3-11(14)5-12(4-10)17(19)20;/h3-5,8-9H,2,6-7,15H2,1H3;1H. The van der Waals surface area contributed by atoms with E-state index in [0.29, 0.717) is 29.0 Å². The third-order valence-electron chi connectivity index (χ3n) is 3.60. The molecule has 0 bridgehead atoms. The average Bonchev–Trinajstić information content (AvgIpc) is 2.78. The van der Waals surface area contributed by atoms with E-state index in [4.69, 9.17) is 5.73 Å². The van der Waals surface area contributed by atoms with Gasteiger partial charge >= 0.3 is 0 Å². The van der Waals surface area contributed by atoms with Gasteiger partial charge in [0.25, 0.3) is 11.6 Å². The number of hydrogen-bond donors (Lipinski definition) is 1. The van der Waals surface area contributed by atoms with Gasteiger partial charge in [-0.05, 0) is 31.9 Å². The summed E-state index contributed by atoms with van der Waals surface area (Å²) in [5, 5.41) is 10.9. The van der Waals surface area contributed by atoms with E-state index >= 15 is 0 Å². The summed E-state index contributed by atoms with van der Waals surface area (Å²) in [5.41, 5.74) is 5.89. The van der Waals surface area contributed by atoms with E-state index in [1.165, 1.54) is 12.1 Å². The molecule has 0 aromatic heterocycles. The van der Waals surface area contributed by atoms with E-state index in [0.717, 1.165) is 6.42 Å². The number of nitrogens with two attached hydrogens (primary N) is 1. The number of carbonyl (C=O) groups excluding carboxylic acids is 1. The van der Waals surface area contributed by atoms with Crippen LogP contribution in [0.25, 0.3) is 0 Å². The first-order chi connectivity index (χ1) is 9.42. The summed E-state index contributed by atoms with van der Waals surface area (Å²) in [6.45, 7) is 3.13. The highest BCUT2D eigenvalue weighted by molar-refractivity contribution is 9.10. The molecule has 0 radical (unpaired) electrons.